The van der Waals surface area contributed by atoms with Crippen LogP contribution in [0.1, 0.15) is 49.7 Å². The zero-order chi connectivity index (χ0) is 9.97. The molecule has 0 amide bonds. The van der Waals surface area contributed by atoms with Crippen LogP contribution in [0.15, 0.2) is 18.2 Å². The summed E-state index contributed by atoms with van der Waals surface area (Å²) in [6.45, 7) is 2.14. The Morgan fingerprint density at radius 2 is 2.14 bits per heavy atom. The molecule has 0 radical (unpaired) electrons. The van der Waals surface area contributed by atoms with Crippen LogP contribution in [-0.4, -0.2) is 5.11 Å². The lowest BCUT2D eigenvalue weighted by Gasteiger charge is -2.26. The van der Waals surface area contributed by atoms with Crippen molar-refractivity contribution in [3.05, 3.63) is 29.3 Å². The molecule has 14 heavy (non-hydrogen) atoms. The fourth-order valence-electron chi connectivity index (χ4n) is 2.06. The Hall–Kier alpha value is -0.980. The van der Waals surface area contributed by atoms with Crippen LogP contribution in [-0.2, 0) is 6.42 Å². The van der Waals surface area contributed by atoms with Crippen molar-refractivity contribution in [3.63, 3.8) is 0 Å². The number of aryl methyl sites for hydroxylation is 1. The van der Waals surface area contributed by atoms with Gasteiger partial charge in [0.15, 0.2) is 0 Å². The van der Waals surface area contributed by atoms with Crippen molar-refractivity contribution in [3.8, 4) is 5.75 Å². The number of hydrogen-bond acceptors (Lipinski definition) is 1. The van der Waals surface area contributed by atoms with Gasteiger partial charge in [-0.3, -0.25) is 0 Å². The van der Waals surface area contributed by atoms with E-state index in [0.29, 0.717) is 5.75 Å². The van der Waals surface area contributed by atoms with Crippen LogP contribution in [0.5, 0.6) is 5.75 Å². The minimum absolute atomic E-state index is 0.497. The van der Waals surface area contributed by atoms with Gasteiger partial charge < -0.3 is 5.11 Å². The van der Waals surface area contributed by atoms with Gasteiger partial charge in [0, 0.05) is 0 Å². The third kappa shape index (κ3) is 1.77. The summed E-state index contributed by atoms with van der Waals surface area (Å²) in [6.07, 6.45) is 6.02. The first-order chi connectivity index (χ1) is 6.81. The van der Waals surface area contributed by atoms with Crippen molar-refractivity contribution in [2.24, 2.45) is 0 Å². The Morgan fingerprint density at radius 1 is 1.36 bits per heavy atom. The van der Waals surface area contributed by atoms with E-state index in [4.69, 9.17) is 0 Å². The van der Waals surface area contributed by atoms with Crippen molar-refractivity contribution < 1.29 is 5.11 Å². The Balaban J connectivity index is 2.16. The second kappa shape index (κ2) is 4.04. The topological polar surface area (TPSA) is 20.2 Å². The van der Waals surface area contributed by atoms with Crippen molar-refractivity contribution in [2.75, 3.05) is 0 Å². The van der Waals surface area contributed by atoms with Crippen LogP contribution in [0.2, 0.25) is 0 Å². The normalized spacial score (nSPS) is 16.6. The zero-order valence-electron chi connectivity index (χ0n) is 8.79. The van der Waals surface area contributed by atoms with Gasteiger partial charge in [0.2, 0.25) is 0 Å². The molecule has 2 rings (SSSR count). The average Bonchev–Trinajstić information content (AvgIpc) is 2.07. The Morgan fingerprint density at radius 3 is 2.64 bits per heavy atom. The minimum Gasteiger partial charge on any atom is -0.508 e. The standard InChI is InChI=1S/C13H18O/c1-2-4-11-7-8-12(9-13(11)14)10-5-3-6-10/h7-10,14H,2-6H2,1H3. The lowest BCUT2D eigenvalue weighted by molar-refractivity contribution is 0.414. The van der Waals surface area contributed by atoms with Crippen molar-refractivity contribution in [2.45, 2.75) is 44.9 Å². The van der Waals surface area contributed by atoms with E-state index < -0.39 is 0 Å². The van der Waals surface area contributed by atoms with Gasteiger partial charge in [-0.25, -0.2) is 0 Å². The van der Waals surface area contributed by atoms with Crippen molar-refractivity contribution in [1.82, 2.24) is 0 Å². The highest BCUT2D eigenvalue weighted by Crippen LogP contribution is 2.38. The smallest absolute Gasteiger partial charge is 0.119 e. The van der Waals surface area contributed by atoms with E-state index in [9.17, 15) is 5.11 Å². The highest BCUT2D eigenvalue weighted by molar-refractivity contribution is 5.38. The van der Waals surface area contributed by atoms with E-state index in [0.717, 1.165) is 24.3 Å². The molecule has 0 saturated heterocycles. The lowest BCUT2D eigenvalue weighted by Crippen LogP contribution is -2.08. The molecule has 0 aromatic heterocycles. The molecule has 0 aliphatic heterocycles. The first kappa shape index (κ1) is 9.57. The number of phenols is 1. The lowest BCUT2D eigenvalue weighted by atomic mass is 9.80. The zero-order valence-corrected chi connectivity index (χ0v) is 8.79. The van der Waals surface area contributed by atoms with Gasteiger partial charge >= 0.3 is 0 Å². The maximum atomic E-state index is 9.79. The predicted octanol–water partition coefficient (Wildman–Crippen LogP) is 3.61. The summed E-state index contributed by atoms with van der Waals surface area (Å²) in [7, 11) is 0. The quantitative estimate of drug-likeness (QED) is 0.772. The maximum Gasteiger partial charge on any atom is 0.119 e. The Bertz CT molecular complexity index is 313. The maximum absolute atomic E-state index is 9.79. The summed E-state index contributed by atoms with van der Waals surface area (Å²) in [4.78, 5) is 0. The Labute approximate surface area is 85.8 Å². The molecular weight excluding hydrogens is 172 g/mol. The number of rotatable bonds is 3. The summed E-state index contributed by atoms with van der Waals surface area (Å²) in [5.74, 6) is 1.22. The monoisotopic (exact) mass is 190 g/mol. The molecule has 1 aromatic rings. The molecule has 76 valence electrons. The molecule has 1 aromatic carbocycles. The molecule has 0 bridgehead atoms. The number of hydrogen-bond donors (Lipinski definition) is 1. The molecule has 0 atom stereocenters. The Kier molecular flexibility index (Phi) is 2.76. The summed E-state index contributed by atoms with van der Waals surface area (Å²) in [5, 5.41) is 9.79. The largest absolute Gasteiger partial charge is 0.508 e. The van der Waals surface area contributed by atoms with E-state index >= 15 is 0 Å². The molecule has 1 heteroatoms. The first-order valence-electron chi connectivity index (χ1n) is 5.63. The van der Waals surface area contributed by atoms with Gasteiger partial charge in [0.25, 0.3) is 0 Å². The summed E-state index contributed by atoms with van der Waals surface area (Å²) in [5.41, 5.74) is 2.42. The molecular formula is C13H18O. The van der Waals surface area contributed by atoms with Crippen LogP contribution in [0.25, 0.3) is 0 Å². The molecule has 0 unspecified atom stereocenters. The molecule has 1 saturated carbocycles. The molecule has 1 aliphatic carbocycles. The van der Waals surface area contributed by atoms with Crippen LogP contribution < -0.4 is 0 Å². The minimum atomic E-state index is 0.497. The van der Waals surface area contributed by atoms with Gasteiger partial charge in [0.05, 0.1) is 0 Å². The average molecular weight is 190 g/mol. The van der Waals surface area contributed by atoms with Gasteiger partial charge in [0.1, 0.15) is 5.75 Å². The van der Waals surface area contributed by atoms with Crippen LogP contribution in [0.4, 0.5) is 0 Å². The van der Waals surface area contributed by atoms with E-state index in [1.165, 1.54) is 24.8 Å². The van der Waals surface area contributed by atoms with Crippen molar-refractivity contribution >= 4 is 0 Å². The van der Waals surface area contributed by atoms with E-state index in [1.807, 2.05) is 6.07 Å². The van der Waals surface area contributed by atoms with Crippen molar-refractivity contribution in [1.29, 1.82) is 0 Å². The SMILES string of the molecule is CCCc1ccc(C2CCC2)cc1O. The molecule has 1 nitrogen and oxygen atoms in total. The van der Waals surface area contributed by atoms with Gasteiger partial charge in [-0.2, -0.15) is 0 Å². The molecule has 0 spiro atoms. The highest BCUT2D eigenvalue weighted by atomic mass is 16.3. The van der Waals surface area contributed by atoms with Crippen LogP contribution in [0, 0.1) is 0 Å². The van der Waals surface area contributed by atoms with E-state index in [1.54, 1.807) is 0 Å². The summed E-state index contributed by atoms with van der Waals surface area (Å²) < 4.78 is 0. The van der Waals surface area contributed by atoms with Gasteiger partial charge in [-0.05, 0) is 42.4 Å². The predicted molar refractivity (Wildman–Crippen MR) is 58.7 cm³/mol. The molecule has 0 heterocycles. The summed E-state index contributed by atoms with van der Waals surface area (Å²) >= 11 is 0. The second-order valence-electron chi connectivity index (χ2n) is 4.27. The second-order valence-corrected chi connectivity index (χ2v) is 4.27. The summed E-state index contributed by atoms with van der Waals surface area (Å²) in [6, 6.07) is 6.25. The fourth-order valence-corrected chi connectivity index (χ4v) is 2.06. The molecule has 1 fully saturated rings. The van der Waals surface area contributed by atoms with Crippen LogP contribution >= 0.6 is 0 Å². The third-order valence-corrected chi connectivity index (χ3v) is 3.21. The fraction of sp³-hybridized carbons (Fsp3) is 0.538. The van der Waals surface area contributed by atoms with E-state index in [-0.39, 0.29) is 0 Å². The molecule has 1 aliphatic rings. The number of phenolic OH excluding ortho intramolecular Hbond substituents is 1. The highest BCUT2D eigenvalue weighted by Gasteiger charge is 2.19. The number of aromatic hydroxyl groups is 1. The van der Waals surface area contributed by atoms with Gasteiger partial charge in [-0.1, -0.05) is 31.9 Å². The molecule has 1 N–H and O–H groups in total. The number of benzene rings is 1. The first-order valence-corrected chi connectivity index (χ1v) is 5.63. The third-order valence-electron chi connectivity index (χ3n) is 3.21. The van der Waals surface area contributed by atoms with Gasteiger partial charge in [-0.15, -0.1) is 0 Å². The van der Waals surface area contributed by atoms with Crippen LogP contribution in [0.3, 0.4) is 0 Å². The van der Waals surface area contributed by atoms with E-state index in [2.05, 4.69) is 19.1 Å².